The number of benzene rings is 1. The van der Waals surface area contributed by atoms with Crippen LogP contribution in [0, 0.1) is 12.8 Å². The molecule has 3 atom stereocenters. The van der Waals surface area contributed by atoms with E-state index < -0.39 is 0 Å². The van der Waals surface area contributed by atoms with Gasteiger partial charge < -0.3 is 9.84 Å². The molecule has 1 N–H and O–H groups in total. The number of aliphatic hydroxyl groups excluding tert-OH is 1. The number of hydrogen-bond acceptors (Lipinski definition) is 5. The monoisotopic (exact) mass is 327 g/mol. The van der Waals surface area contributed by atoms with Gasteiger partial charge in [0.1, 0.15) is 0 Å². The van der Waals surface area contributed by atoms with Gasteiger partial charge in [0.25, 0.3) is 0 Å². The van der Waals surface area contributed by atoms with Gasteiger partial charge in [-0.15, -0.1) is 0 Å². The Hall–Kier alpha value is -1.56. The predicted octanol–water partition coefficient (Wildman–Crippen LogP) is 2.30. The van der Waals surface area contributed by atoms with Gasteiger partial charge >= 0.3 is 0 Å². The number of aliphatic hydroxyl groups is 1. The Morgan fingerprint density at radius 2 is 2.00 bits per heavy atom. The molecule has 128 valence electrons. The van der Waals surface area contributed by atoms with Crippen LogP contribution in [0.15, 0.2) is 24.3 Å². The van der Waals surface area contributed by atoms with E-state index in [1.165, 1.54) is 6.42 Å². The number of fused-ring (bicyclic) bond motifs is 1. The average Bonchev–Trinajstić information content (AvgIpc) is 3.04. The highest BCUT2D eigenvalue weighted by atomic mass is 16.5. The zero-order chi connectivity index (χ0) is 16.5. The number of nitrogens with zero attached hydrogens (tertiary/aromatic N) is 3. The first kappa shape index (κ1) is 15.9. The fourth-order valence-electron chi connectivity index (χ4n) is 4.12. The second-order valence-electron chi connectivity index (χ2n) is 7.02. The molecule has 24 heavy (non-hydrogen) atoms. The lowest BCUT2D eigenvalue weighted by atomic mass is 9.89. The van der Waals surface area contributed by atoms with Crippen LogP contribution in [0.4, 0.5) is 0 Å². The van der Waals surface area contributed by atoms with E-state index in [1.54, 1.807) is 0 Å². The lowest BCUT2D eigenvalue weighted by Crippen LogP contribution is -2.46. The Kier molecular flexibility index (Phi) is 4.48. The summed E-state index contributed by atoms with van der Waals surface area (Å²) >= 11 is 0. The van der Waals surface area contributed by atoms with Crippen LogP contribution < -0.4 is 0 Å². The highest BCUT2D eigenvalue weighted by Crippen LogP contribution is 2.31. The summed E-state index contributed by atoms with van der Waals surface area (Å²) < 4.78 is 5.63. The number of rotatable bonds is 3. The van der Waals surface area contributed by atoms with Crippen molar-refractivity contribution in [1.82, 2.24) is 14.9 Å². The van der Waals surface area contributed by atoms with Gasteiger partial charge in [-0.1, -0.05) is 12.1 Å². The molecule has 0 aliphatic carbocycles. The molecule has 4 rings (SSSR count). The van der Waals surface area contributed by atoms with E-state index in [0.29, 0.717) is 19.3 Å². The first-order valence-electron chi connectivity index (χ1n) is 8.94. The van der Waals surface area contributed by atoms with Crippen LogP contribution >= 0.6 is 0 Å². The first-order chi connectivity index (χ1) is 11.7. The standard InChI is InChI=1S/C19H25N3O2/c1-13-17(21-16-6-3-2-5-15(16)20-13)11-22-9-4-7-18(22)14-12-24-10-8-19(14)23/h2-3,5-6,14,18-19,23H,4,7-12H2,1H3/t14-,18+,19-/m0/s1. The zero-order valence-corrected chi connectivity index (χ0v) is 14.2. The first-order valence-corrected chi connectivity index (χ1v) is 8.94. The molecule has 0 unspecified atom stereocenters. The highest BCUT2D eigenvalue weighted by molar-refractivity contribution is 5.74. The van der Waals surface area contributed by atoms with E-state index in [0.717, 1.165) is 48.4 Å². The van der Waals surface area contributed by atoms with Gasteiger partial charge in [-0.05, 0) is 44.9 Å². The number of para-hydroxylation sites is 2. The number of aryl methyl sites for hydroxylation is 1. The molecule has 5 nitrogen and oxygen atoms in total. The molecule has 0 saturated carbocycles. The third-order valence-corrected chi connectivity index (χ3v) is 5.47. The lowest BCUT2D eigenvalue weighted by Gasteiger charge is -2.37. The molecule has 0 amide bonds. The predicted molar refractivity (Wildman–Crippen MR) is 92.6 cm³/mol. The van der Waals surface area contributed by atoms with Gasteiger partial charge in [-0.25, -0.2) is 9.97 Å². The maximum absolute atomic E-state index is 10.4. The van der Waals surface area contributed by atoms with Crippen molar-refractivity contribution in [2.75, 3.05) is 19.8 Å². The molecule has 2 aliphatic rings. The SMILES string of the molecule is Cc1nc2ccccc2nc1CN1CCC[C@@H]1[C@@H]1COCC[C@@H]1O. The molecule has 3 heterocycles. The summed E-state index contributed by atoms with van der Waals surface area (Å²) in [6.07, 6.45) is 2.82. The van der Waals surface area contributed by atoms with Gasteiger partial charge in [0.15, 0.2) is 0 Å². The van der Waals surface area contributed by atoms with Gasteiger partial charge in [0.05, 0.1) is 35.1 Å². The Morgan fingerprint density at radius 3 is 2.79 bits per heavy atom. The van der Waals surface area contributed by atoms with Gasteiger partial charge in [-0.2, -0.15) is 0 Å². The van der Waals surface area contributed by atoms with Crippen molar-refractivity contribution in [3.05, 3.63) is 35.7 Å². The second-order valence-corrected chi connectivity index (χ2v) is 7.02. The Balaban J connectivity index is 1.56. The van der Waals surface area contributed by atoms with Crippen LogP contribution in [0.5, 0.6) is 0 Å². The van der Waals surface area contributed by atoms with E-state index in [9.17, 15) is 5.11 Å². The average molecular weight is 327 g/mol. The Labute approximate surface area is 142 Å². The molecule has 0 radical (unpaired) electrons. The summed E-state index contributed by atoms with van der Waals surface area (Å²) in [6.45, 7) is 5.25. The van der Waals surface area contributed by atoms with Crippen molar-refractivity contribution in [2.24, 2.45) is 5.92 Å². The summed E-state index contributed by atoms with van der Waals surface area (Å²) in [5.74, 6) is 0.218. The van der Waals surface area contributed by atoms with Crippen LogP contribution in [-0.2, 0) is 11.3 Å². The number of aromatic nitrogens is 2. The zero-order valence-electron chi connectivity index (χ0n) is 14.2. The lowest BCUT2D eigenvalue weighted by molar-refractivity contribution is -0.0637. The van der Waals surface area contributed by atoms with Crippen LogP contribution in [0.3, 0.4) is 0 Å². The smallest absolute Gasteiger partial charge is 0.0890 e. The summed E-state index contributed by atoms with van der Waals surface area (Å²) in [4.78, 5) is 12.0. The maximum Gasteiger partial charge on any atom is 0.0890 e. The van der Waals surface area contributed by atoms with Crippen LogP contribution in [0.1, 0.15) is 30.7 Å². The van der Waals surface area contributed by atoms with E-state index in [4.69, 9.17) is 14.7 Å². The van der Waals surface area contributed by atoms with Crippen molar-refractivity contribution in [2.45, 2.75) is 44.9 Å². The molecule has 2 aromatic rings. The van der Waals surface area contributed by atoms with Crippen molar-refractivity contribution in [3.63, 3.8) is 0 Å². The number of likely N-dealkylation sites (tertiary alicyclic amines) is 1. The molecule has 1 aromatic heterocycles. The third kappa shape index (κ3) is 3.04. The molecule has 0 spiro atoms. The Bertz CT molecular complexity index is 721. The minimum absolute atomic E-state index is 0.218. The molecular formula is C19H25N3O2. The highest BCUT2D eigenvalue weighted by Gasteiger charge is 2.37. The van der Waals surface area contributed by atoms with Gasteiger partial charge in [-0.3, -0.25) is 4.90 Å². The molecule has 1 aromatic carbocycles. The molecule has 2 saturated heterocycles. The maximum atomic E-state index is 10.4. The van der Waals surface area contributed by atoms with Crippen molar-refractivity contribution in [3.8, 4) is 0 Å². The van der Waals surface area contributed by atoms with Crippen LogP contribution in [0.25, 0.3) is 11.0 Å². The number of hydrogen-bond donors (Lipinski definition) is 1. The van der Waals surface area contributed by atoms with E-state index >= 15 is 0 Å². The molecule has 2 aliphatic heterocycles. The molecular weight excluding hydrogens is 302 g/mol. The third-order valence-electron chi connectivity index (χ3n) is 5.47. The minimum Gasteiger partial charge on any atom is -0.393 e. The summed E-state index contributed by atoms with van der Waals surface area (Å²) in [6, 6.07) is 8.41. The van der Waals surface area contributed by atoms with E-state index in [1.807, 2.05) is 31.2 Å². The summed E-state index contributed by atoms with van der Waals surface area (Å²) in [5.41, 5.74) is 3.95. The van der Waals surface area contributed by atoms with Crippen molar-refractivity contribution < 1.29 is 9.84 Å². The fraction of sp³-hybridized carbons (Fsp3) is 0.579. The largest absolute Gasteiger partial charge is 0.393 e. The van der Waals surface area contributed by atoms with Crippen molar-refractivity contribution >= 4 is 11.0 Å². The summed E-state index contributed by atoms with van der Waals surface area (Å²) in [7, 11) is 0. The Morgan fingerprint density at radius 1 is 1.21 bits per heavy atom. The number of ether oxygens (including phenoxy) is 1. The normalized spacial score (nSPS) is 28.5. The minimum atomic E-state index is -0.242. The van der Waals surface area contributed by atoms with Gasteiger partial charge in [0.2, 0.25) is 0 Å². The summed E-state index contributed by atoms with van der Waals surface area (Å²) in [5, 5.41) is 10.4. The topological polar surface area (TPSA) is 58.5 Å². The van der Waals surface area contributed by atoms with E-state index in [2.05, 4.69) is 4.90 Å². The van der Waals surface area contributed by atoms with Gasteiger partial charge in [0, 0.05) is 25.1 Å². The van der Waals surface area contributed by atoms with Crippen LogP contribution in [-0.4, -0.2) is 51.9 Å². The van der Waals surface area contributed by atoms with E-state index in [-0.39, 0.29) is 12.0 Å². The molecule has 5 heteroatoms. The van der Waals surface area contributed by atoms with Crippen molar-refractivity contribution in [1.29, 1.82) is 0 Å². The quantitative estimate of drug-likeness (QED) is 0.937. The second kappa shape index (κ2) is 6.75. The molecule has 0 bridgehead atoms. The molecule has 2 fully saturated rings. The fourth-order valence-corrected chi connectivity index (χ4v) is 4.12. The van der Waals surface area contributed by atoms with Crippen LogP contribution in [0.2, 0.25) is 0 Å².